The second-order valence-corrected chi connectivity index (χ2v) is 7.22. The van der Waals surface area contributed by atoms with Gasteiger partial charge in [0.1, 0.15) is 6.61 Å². The lowest BCUT2D eigenvalue weighted by Gasteiger charge is -2.11. The number of hydrogen-bond donors (Lipinski definition) is 3. The summed E-state index contributed by atoms with van der Waals surface area (Å²) in [5, 5.41) is 5.72. The number of anilines is 2. The van der Waals surface area contributed by atoms with E-state index in [0.29, 0.717) is 22.0 Å². The number of halogens is 1. The highest BCUT2D eigenvalue weighted by molar-refractivity contribution is 6.31. The molecular formula is C23H22ClN3O3. The predicted octanol–water partition coefficient (Wildman–Crippen LogP) is 5.36. The van der Waals surface area contributed by atoms with Gasteiger partial charge in [0.05, 0.1) is 0 Å². The Labute approximate surface area is 180 Å². The summed E-state index contributed by atoms with van der Waals surface area (Å²) in [6.45, 7) is 2.00. The van der Waals surface area contributed by atoms with E-state index < -0.39 is 6.09 Å². The number of nitrogens with one attached hydrogen (secondary N) is 2. The topological polar surface area (TPSA) is 93.5 Å². The van der Waals surface area contributed by atoms with Crippen molar-refractivity contribution in [3.05, 3.63) is 94.5 Å². The lowest BCUT2D eigenvalue weighted by molar-refractivity contribution is 0.102. The van der Waals surface area contributed by atoms with Crippen LogP contribution in [0.25, 0.3) is 0 Å². The molecule has 0 bridgehead atoms. The Morgan fingerprint density at radius 2 is 1.73 bits per heavy atom. The third kappa shape index (κ3) is 6.07. The first-order valence-electron chi connectivity index (χ1n) is 9.36. The summed E-state index contributed by atoms with van der Waals surface area (Å²) in [7, 11) is 0. The van der Waals surface area contributed by atoms with Gasteiger partial charge in [0, 0.05) is 28.0 Å². The van der Waals surface area contributed by atoms with Crippen molar-refractivity contribution < 1.29 is 14.3 Å². The maximum atomic E-state index is 12.7. The first-order valence-corrected chi connectivity index (χ1v) is 9.74. The van der Waals surface area contributed by atoms with Crippen LogP contribution in [0.4, 0.5) is 16.2 Å². The SMILES string of the molecule is C[C@H](N)c1cccc(NC(=O)c2cc(Cl)cc(NC(=O)OCc3ccccc3)c2)c1. The van der Waals surface area contributed by atoms with E-state index in [1.54, 1.807) is 12.1 Å². The van der Waals surface area contributed by atoms with E-state index in [2.05, 4.69) is 10.6 Å². The molecule has 0 aliphatic heterocycles. The number of rotatable bonds is 6. The minimum atomic E-state index is -0.642. The maximum absolute atomic E-state index is 12.7. The molecule has 0 aliphatic rings. The van der Waals surface area contributed by atoms with Crippen LogP contribution in [-0.2, 0) is 11.3 Å². The van der Waals surface area contributed by atoms with Gasteiger partial charge in [0.2, 0.25) is 0 Å². The summed E-state index contributed by atoms with van der Waals surface area (Å²) in [5.41, 5.74) is 8.94. The Balaban J connectivity index is 1.66. The molecule has 0 aromatic heterocycles. The Morgan fingerprint density at radius 1 is 0.967 bits per heavy atom. The number of ether oxygens (including phenoxy) is 1. The van der Waals surface area contributed by atoms with E-state index >= 15 is 0 Å². The van der Waals surface area contributed by atoms with Crippen LogP contribution >= 0.6 is 11.6 Å². The largest absolute Gasteiger partial charge is 0.444 e. The van der Waals surface area contributed by atoms with E-state index in [1.807, 2.05) is 55.5 Å². The van der Waals surface area contributed by atoms with Crippen LogP contribution in [0.2, 0.25) is 5.02 Å². The first-order chi connectivity index (χ1) is 14.4. The zero-order valence-corrected chi connectivity index (χ0v) is 17.1. The molecule has 0 aliphatic carbocycles. The van der Waals surface area contributed by atoms with E-state index in [0.717, 1.165) is 11.1 Å². The summed E-state index contributed by atoms with van der Waals surface area (Å²) in [6.07, 6.45) is -0.642. The molecule has 0 unspecified atom stereocenters. The smallest absolute Gasteiger partial charge is 0.411 e. The number of carbonyl (C=O) groups excluding carboxylic acids is 2. The van der Waals surface area contributed by atoms with Gasteiger partial charge >= 0.3 is 6.09 Å². The van der Waals surface area contributed by atoms with E-state index in [9.17, 15) is 9.59 Å². The van der Waals surface area contributed by atoms with Crippen molar-refractivity contribution >= 4 is 35.0 Å². The minimum absolute atomic E-state index is 0.135. The molecule has 30 heavy (non-hydrogen) atoms. The van der Waals surface area contributed by atoms with Gasteiger partial charge in [-0.05, 0) is 48.4 Å². The third-order valence-corrected chi connectivity index (χ3v) is 4.51. The van der Waals surface area contributed by atoms with E-state index in [1.165, 1.54) is 12.1 Å². The van der Waals surface area contributed by atoms with Gasteiger partial charge in [0.25, 0.3) is 5.91 Å². The number of hydrogen-bond acceptors (Lipinski definition) is 4. The quantitative estimate of drug-likeness (QED) is 0.497. The van der Waals surface area contributed by atoms with Gasteiger partial charge in [-0.25, -0.2) is 4.79 Å². The van der Waals surface area contributed by atoms with Crippen molar-refractivity contribution in [3.8, 4) is 0 Å². The van der Waals surface area contributed by atoms with Crippen molar-refractivity contribution in [3.63, 3.8) is 0 Å². The van der Waals surface area contributed by atoms with Crippen molar-refractivity contribution in [1.29, 1.82) is 0 Å². The van der Waals surface area contributed by atoms with Crippen molar-refractivity contribution in [1.82, 2.24) is 0 Å². The summed E-state index contributed by atoms with van der Waals surface area (Å²) in [5.74, 6) is -0.361. The van der Waals surface area contributed by atoms with Gasteiger partial charge in [-0.1, -0.05) is 54.1 Å². The average Bonchev–Trinajstić information content (AvgIpc) is 2.72. The molecule has 0 radical (unpaired) electrons. The molecule has 154 valence electrons. The lowest BCUT2D eigenvalue weighted by atomic mass is 10.1. The van der Waals surface area contributed by atoms with Crippen molar-refractivity contribution in [2.45, 2.75) is 19.6 Å². The fourth-order valence-electron chi connectivity index (χ4n) is 2.77. The van der Waals surface area contributed by atoms with Crippen LogP contribution in [0.5, 0.6) is 0 Å². The molecule has 4 N–H and O–H groups in total. The highest BCUT2D eigenvalue weighted by Gasteiger charge is 2.12. The molecule has 3 aromatic carbocycles. The molecule has 3 rings (SSSR count). The molecule has 0 fully saturated rings. The van der Waals surface area contributed by atoms with Gasteiger partial charge in [-0.3, -0.25) is 10.1 Å². The molecule has 0 saturated heterocycles. The minimum Gasteiger partial charge on any atom is -0.444 e. The van der Waals surface area contributed by atoms with Gasteiger partial charge < -0.3 is 15.8 Å². The molecule has 3 aromatic rings. The number of carbonyl (C=O) groups is 2. The highest BCUT2D eigenvalue weighted by Crippen LogP contribution is 2.22. The second kappa shape index (κ2) is 9.91. The standard InChI is InChI=1S/C23H22ClN3O3/c1-15(25)17-8-5-9-20(11-17)26-22(28)18-10-19(24)13-21(12-18)27-23(29)30-14-16-6-3-2-4-7-16/h2-13,15H,14,25H2,1H3,(H,26,28)(H,27,29)/t15-/m0/s1. The molecule has 1 atom stereocenters. The van der Waals surface area contributed by atoms with Crippen LogP contribution in [0.15, 0.2) is 72.8 Å². The Hall–Kier alpha value is -3.35. The second-order valence-electron chi connectivity index (χ2n) is 6.78. The normalized spacial score (nSPS) is 11.4. The number of benzene rings is 3. The predicted molar refractivity (Wildman–Crippen MR) is 119 cm³/mol. The molecule has 6 nitrogen and oxygen atoms in total. The van der Waals surface area contributed by atoms with Crippen LogP contribution < -0.4 is 16.4 Å². The Kier molecular flexibility index (Phi) is 7.06. The fourth-order valence-corrected chi connectivity index (χ4v) is 3.01. The maximum Gasteiger partial charge on any atom is 0.411 e. The molecule has 2 amide bonds. The Morgan fingerprint density at radius 3 is 2.47 bits per heavy atom. The summed E-state index contributed by atoms with van der Waals surface area (Å²) in [6, 6.07) is 21.1. The first kappa shape index (κ1) is 21.4. The summed E-state index contributed by atoms with van der Waals surface area (Å²) >= 11 is 6.13. The zero-order valence-electron chi connectivity index (χ0n) is 16.4. The van der Waals surface area contributed by atoms with Crippen molar-refractivity contribution in [2.24, 2.45) is 5.73 Å². The number of amides is 2. The van der Waals surface area contributed by atoms with E-state index in [-0.39, 0.29) is 18.6 Å². The summed E-state index contributed by atoms with van der Waals surface area (Å²) in [4.78, 5) is 24.7. The van der Waals surface area contributed by atoms with Crippen molar-refractivity contribution in [2.75, 3.05) is 10.6 Å². The third-order valence-electron chi connectivity index (χ3n) is 4.29. The van der Waals surface area contributed by atoms with Crippen LogP contribution in [-0.4, -0.2) is 12.0 Å². The number of nitrogens with two attached hydrogens (primary N) is 1. The van der Waals surface area contributed by atoms with Crippen LogP contribution in [0.1, 0.15) is 34.5 Å². The fraction of sp³-hybridized carbons (Fsp3) is 0.130. The van der Waals surface area contributed by atoms with E-state index in [4.69, 9.17) is 22.1 Å². The average molecular weight is 424 g/mol. The lowest BCUT2D eigenvalue weighted by Crippen LogP contribution is -2.16. The van der Waals surface area contributed by atoms with Crippen LogP contribution in [0.3, 0.4) is 0 Å². The monoisotopic (exact) mass is 423 g/mol. The van der Waals surface area contributed by atoms with Gasteiger partial charge in [-0.15, -0.1) is 0 Å². The van der Waals surface area contributed by atoms with Gasteiger partial charge in [0.15, 0.2) is 0 Å². The molecule has 0 saturated carbocycles. The molecule has 0 spiro atoms. The van der Waals surface area contributed by atoms with Crippen LogP contribution in [0, 0.1) is 0 Å². The van der Waals surface area contributed by atoms with Gasteiger partial charge in [-0.2, -0.15) is 0 Å². The highest BCUT2D eigenvalue weighted by atomic mass is 35.5. The Bertz CT molecular complexity index is 1040. The zero-order chi connectivity index (χ0) is 21.5. The molecule has 7 heteroatoms. The molecular weight excluding hydrogens is 402 g/mol. The summed E-state index contributed by atoms with van der Waals surface area (Å²) < 4.78 is 5.20. The molecule has 0 heterocycles.